The van der Waals surface area contributed by atoms with Crippen LogP contribution in [0.2, 0.25) is 0 Å². The number of fused-ring (bicyclic) bond motifs is 1. The minimum atomic E-state index is -0.967. The van der Waals surface area contributed by atoms with Crippen molar-refractivity contribution >= 4 is 74.4 Å². The molecule has 27 heavy (non-hydrogen) atoms. The normalized spacial score (nSPS) is 10.5. The Hall–Kier alpha value is -1.80. The maximum atomic E-state index is 14.5. The van der Waals surface area contributed by atoms with E-state index in [1.54, 1.807) is 51.5 Å². The number of amides is 2. The molecule has 1 aromatic heterocycles. The molecule has 13 heteroatoms. The zero-order valence-corrected chi connectivity index (χ0v) is 17.8. The van der Waals surface area contributed by atoms with Crippen molar-refractivity contribution in [1.82, 2.24) is 13.1 Å². The van der Waals surface area contributed by atoms with E-state index >= 15 is 0 Å². The molecule has 0 aliphatic heterocycles. The first-order valence-electron chi connectivity index (χ1n) is 7.29. The van der Waals surface area contributed by atoms with Gasteiger partial charge in [0.15, 0.2) is 18.4 Å². The molecule has 0 saturated carbocycles. The Labute approximate surface area is 179 Å². The number of nitrogens with one attached hydrogen (secondary N) is 1. The van der Waals surface area contributed by atoms with Gasteiger partial charge in [0.25, 0.3) is 0 Å². The first kappa shape index (κ1) is 21.5. The summed E-state index contributed by atoms with van der Waals surface area (Å²) < 4.78 is 34.7. The molecule has 0 fully saturated rings. The molecule has 0 spiro atoms. The van der Waals surface area contributed by atoms with Crippen molar-refractivity contribution in [2.24, 2.45) is 5.73 Å². The number of nitrogens with zero attached hydrogens (tertiary/aromatic N) is 4. The lowest BCUT2D eigenvalue weighted by Gasteiger charge is -2.20. The van der Waals surface area contributed by atoms with E-state index < -0.39 is 35.9 Å². The zero-order valence-electron chi connectivity index (χ0n) is 13.5. The molecule has 0 aliphatic rings. The quantitative estimate of drug-likeness (QED) is 0.295. The Morgan fingerprint density at radius 3 is 2.78 bits per heavy atom. The number of ether oxygens (including phenoxy) is 1. The standard InChI is InChI=1S/C14H12F2I2N6O3/c15-8-3-7(5-20)10(16)12-11(8)22-13(24(12)18)23(9(25)4-17)6-27-14(26)21-2-1-19/h3H,1-2,4,6,19H2,(H,21,26). The van der Waals surface area contributed by atoms with Gasteiger partial charge in [-0.05, 0) is 6.07 Å². The predicted octanol–water partition coefficient (Wildman–Crippen LogP) is 1.79. The van der Waals surface area contributed by atoms with E-state index in [-0.39, 0.29) is 34.5 Å². The Bertz CT molecular complexity index is 930. The molecule has 2 amide bonds. The van der Waals surface area contributed by atoms with Gasteiger partial charge >= 0.3 is 6.09 Å². The van der Waals surface area contributed by atoms with Gasteiger partial charge in [-0.15, -0.1) is 0 Å². The van der Waals surface area contributed by atoms with Gasteiger partial charge in [0.05, 0.1) is 32.9 Å². The van der Waals surface area contributed by atoms with Gasteiger partial charge in [-0.25, -0.2) is 26.2 Å². The Balaban J connectivity index is 2.46. The van der Waals surface area contributed by atoms with Crippen molar-refractivity contribution in [2.75, 3.05) is 29.1 Å². The largest absolute Gasteiger partial charge is 0.428 e. The molecule has 144 valence electrons. The van der Waals surface area contributed by atoms with Crippen LogP contribution in [0.5, 0.6) is 0 Å². The minimum absolute atomic E-state index is 0.000204. The van der Waals surface area contributed by atoms with Gasteiger partial charge in [-0.2, -0.15) is 5.26 Å². The van der Waals surface area contributed by atoms with Crippen molar-refractivity contribution in [3.8, 4) is 6.07 Å². The molecule has 3 N–H and O–H groups in total. The number of alkyl halides is 1. The molecular weight excluding hydrogens is 592 g/mol. The minimum Gasteiger partial charge on any atom is -0.428 e. The number of nitriles is 1. The summed E-state index contributed by atoms with van der Waals surface area (Å²) in [5, 5.41) is 11.3. The van der Waals surface area contributed by atoms with Crippen LogP contribution in [0.1, 0.15) is 5.56 Å². The van der Waals surface area contributed by atoms with Crippen LogP contribution in [-0.2, 0) is 9.53 Å². The average molecular weight is 604 g/mol. The number of hydrogen-bond acceptors (Lipinski definition) is 6. The first-order chi connectivity index (χ1) is 12.8. The molecular formula is C14H12F2I2N6O3. The highest BCUT2D eigenvalue weighted by Gasteiger charge is 2.27. The summed E-state index contributed by atoms with van der Waals surface area (Å²) in [4.78, 5) is 28.8. The molecule has 0 aliphatic carbocycles. The molecule has 0 radical (unpaired) electrons. The molecule has 0 bridgehead atoms. The summed E-state index contributed by atoms with van der Waals surface area (Å²) in [5.74, 6) is -2.53. The van der Waals surface area contributed by atoms with Crippen molar-refractivity contribution in [3.05, 3.63) is 23.3 Å². The molecule has 0 unspecified atom stereocenters. The molecule has 1 aromatic carbocycles. The fraction of sp³-hybridized carbons (Fsp3) is 0.286. The molecule has 2 rings (SSSR count). The summed E-state index contributed by atoms with van der Waals surface area (Å²) in [6.45, 7) is -0.148. The predicted molar refractivity (Wildman–Crippen MR) is 109 cm³/mol. The lowest BCUT2D eigenvalue weighted by atomic mass is 10.2. The Kier molecular flexibility index (Phi) is 7.49. The van der Waals surface area contributed by atoms with Crippen molar-refractivity contribution in [2.45, 2.75) is 0 Å². The third-order valence-electron chi connectivity index (χ3n) is 3.27. The Morgan fingerprint density at radius 1 is 1.48 bits per heavy atom. The number of anilines is 1. The van der Waals surface area contributed by atoms with Crippen LogP contribution >= 0.6 is 45.5 Å². The van der Waals surface area contributed by atoms with Crippen molar-refractivity contribution < 1.29 is 23.1 Å². The highest BCUT2D eigenvalue weighted by Crippen LogP contribution is 2.31. The van der Waals surface area contributed by atoms with Gasteiger partial charge in [0.2, 0.25) is 11.9 Å². The number of benzene rings is 1. The lowest BCUT2D eigenvalue weighted by Crippen LogP contribution is -2.39. The second kappa shape index (κ2) is 9.41. The van der Waals surface area contributed by atoms with Gasteiger partial charge < -0.3 is 15.8 Å². The van der Waals surface area contributed by atoms with Gasteiger partial charge in [-0.1, -0.05) is 22.6 Å². The molecule has 0 atom stereocenters. The summed E-state index contributed by atoms with van der Waals surface area (Å²) in [6, 6.07) is 2.29. The van der Waals surface area contributed by atoms with Gasteiger partial charge in [0.1, 0.15) is 17.1 Å². The fourth-order valence-corrected chi connectivity index (χ4v) is 3.26. The molecule has 2 aromatic rings. The number of carbonyl (C=O) groups is 2. The van der Waals surface area contributed by atoms with Crippen LogP contribution in [0.4, 0.5) is 19.5 Å². The second-order valence-electron chi connectivity index (χ2n) is 4.95. The Morgan fingerprint density at radius 2 is 2.19 bits per heavy atom. The maximum absolute atomic E-state index is 14.5. The van der Waals surface area contributed by atoms with E-state index in [2.05, 4.69) is 10.3 Å². The zero-order chi connectivity index (χ0) is 20.1. The topological polar surface area (TPSA) is 126 Å². The SMILES string of the molecule is N#Cc1cc(F)c2nc(N(COC(=O)NCCN)C(=O)CI)n(I)c2c1F. The van der Waals surface area contributed by atoms with Crippen molar-refractivity contribution in [3.63, 3.8) is 0 Å². The summed E-state index contributed by atoms with van der Waals surface area (Å²) in [5.41, 5.74) is 4.13. The lowest BCUT2D eigenvalue weighted by molar-refractivity contribution is -0.116. The van der Waals surface area contributed by atoms with Crippen molar-refractivity contribution in [1.29, 1.82) is 5.26 Å². The third kappa shape index (κ3) is 4.55. The van der Waals surface area contributed by atoms with Crippen LogP contribution in [-0.4, -0.2) is 44.0 Å². The van der Waals surface area contributed by atoms with E-state index in [9.17, 15) is 18.4 Å². The average Bonchev–Trinajstić information content (AvgIpc) is 3.00. The van der Waals surface area contributed by atoms with E-state index in [0.29, 0.717) is 0 Å². The third-order valence-corrected chi connectivity index (χ3v) is 4.83. The van der Waals surface area contributed by atoms with Crippen LogP contribution in [0, 0.1) is 23.0 Å². The number of nitrogens with two attached hydrogens (primary N) is 1. The smallest absolute Gasteiger partial charge is 0.408 e. The second-order valence-corrected chi connectivity index (χ2v) is 6.68. The number of hydrogen-bond donors (Lipinski definition) is 2. The summed E-state index contributed by atoms with van der Waals surface area (Å²) in [7, 11) is 0. The number of halogens is 4. The maximum Gasteiger partial charge on any atom is 0.408 e. The first-order valence-corrected chi connectivity index (χ1v) is 9.78. The number of carbonyl (C=O) groups excluding carboxylic acids is 2. The number of rotatable bonds is 6. The summed E-state index contributed by atoms with van der Waals surface area (Å²) in [6.07, 6.45) is -0.813. The number of imidazole rings is 1. The van der Waals surface area contributed by atoms with Crippen LogP contribution in [0.15, 0.2) is 6.07 Å². The number of alkyl carbamates (subject to hydrolysis) is 1. The van der Waals surface area contributed by atoms with E-state index in [4.69, 9.17) is 15.7 Å². The van der Waals surface area contributed by atoms with Gasteiger partial charge in [0, 0.05) is 13.1 Å². The monoisotopic (exact) mass is 604 g/mol. The number of aromatic nitrogens is 2. The molecule has 9 nitrogen and oxygen atoms in total. The fourth-order valence-electron chi connectivity index (χ4n) is 2.04. The van der Waals surface area contributed by atoms with Crippen LogP contribution in [0.25, 0.3) is 11.0 Å². The molecule has 0 saturated heterocycles. The van der Waals surface area contributed by atoms with E-state index in [1.807, 2.05) is 0 Å². The van der Waals surface area contributed by atoms with Gasteiger partial charge in [-0.3, -0.25) is 4.79 Å². The summed E-state index contributed by atoms with van der Waals surface area (Å²) >= 11 is 3.42. The van der Waals surface area contributed by atoms with Crippen LogP contribution in [0.3, 0.4) is 0 Å². The van der Waals surface area contributed by atoms with E-state index in [1.165, 1.54) is 0 Å². The van der Waals surface area contributed by atoms with Crippen LogP contribution < -0.4 is 16.0 Å². The van der Waals surface area contributed by atoms with E-state index in [0.717, 1.165) is 13.7 Å². The highest BCUT2D eigenvalue weighted by molar-refractivity contribution is 14.1. The highest BCUT2D eigenvalue weighted by atomic mass is 127. The molecule has 1 heterocycles.